The van der Waals surface area contributed by atoms with Gasteiger partial charge in [-0.15, -0.1) is 0 Å². The average molecular weight is 305 g/mol. The molecule has 0 atom stereocenters. The lowest BCUT2D eigenvalue weighted by Crippen LogP contribution is -2.61. The molecular weight excluding hydrogens is 286 g/mol. The fraction of sp³-hybridized carbons (Fsp3) is 0.533. The quantitative estimate of drug-likeness (QED) is 0.865. The molecule has 3 heterocycles. The second kappa shape index (κ2) is 5.44. The highest BCUT2D eigenvalue weighted by molar-refractivity contribution is 7.22. The summed E-state index contributed by atoms with van der Waals surface area (Å²) in [4.78, 5) is 9.66. The van der Waals surface area contributed by atoms with Crippen molar-refractivity contribution in [2.24, 2.45) is 0 Å². The van der Waals surface area contributed by atoms with E-state index in [1.807, 2.05) is 12.1 Å². The van der Waals surface area contributed by atoms with Gasteiger partial charge in [-0.3, -0.25) is 4.90 Å². The molecule has 2 saturated heterocycles. The molecule has 1 aromatic heterocycles. The van der Waals surface area contributed by atoms with Gasteiger partial charge < -0.3 is 14.4 Å². The molecule has 6 heteroatoms. The van der Waals surface area contributed by atoms with Crippen LogP contribution in [0.25, 0.3) is 10.2 Å². The number of fused-ring (bicyclic) bond motifs is 1. The van der Waals surface area contributed by atoms with Crippen molar-refractivity contribution in [3.63, 3.8) is 0 Å². The van der Waals surface area contributed by atoms with Crippen LogP contribution in [-0.2, 0) is 4.74 Å². The largest absolute Gasteiger partial charge is 0.494 e. The van der Waals surface area contributed by atoms with Crippen LogP contribution in [0.3, 0.4) is 0 Å². The number of morpholine rings is 1. The zero-order valence-electron chi connectivity index (χ0n) is 12.1. The number of benzene rings is 1. The first kappa shape index (κ1) is 13.3. The van der Waals surface area contributed by atoms with Gasteiger partial charge in [0.1, 0.15) is 11.3 Å². The SMILES string of the molecule is COc1cccc2sc(N3CC(N4CCOCC4)C3)nc12. The summed E-state index contributed by atoms with van der Waals surface area (Å²) < 4.78 is 12.0. The Morgan fingerprint density at radius 3 is 2.86 bits per heavy atom. The number of nitrogens with zero attached hydrogens (tertiary/aromatic N) is 3. The van der Waals surface area contributed by atoms with E-state index in [-0.39, 0.29) is 0 Å². The highest BCUT2D eigenvalue weighted by Crippen LogP contribution is 2.36. The molecule has 0 bridgehead atoms. The third-order valence-electron chi connectivity index (χ3n) is 4.29. The number of rotatable bonds is 3. The van der Waals surface area contributed by atoms with Gasteiger partial charge in [0, 0.05) is 32.2 Å². The molecule has 0 amide bonds. The molecule has 0 spiro atoms. The molecule has 2 fully saturated rings. The maximum Gasteiger partial charge on any atom is 0.186 e. The summed E-state index contributed by atoms with van der Waals surface area (Å²) in [6.45, 7) is 6.01. The Kier molecular flexibility index (Phi) is 3.45. The predicted octanol–water partition coefficient (Wildman–Crippen LogP) is 1.83. The molecule has 2 aliphatic heterocycles. The minimum absolute atomic E-state index is 0.655. The van der Waals surface area contributed by atoms with Crippen LogP contribution in [-0.4, -0.2) is 62.4 Å². The van der Waals surface area contributed by atoms with Gasteiger partial charge in [-0.25, -0.2) is 4.98 Å². The normalized spacial score (nSPS) is 20.7. The van der Waals surface area contributed by atoms with Crippen LogP contribution in [0.5, 0.6) is 5.75 Å². The van der Waals surface area contributed by atoms with Crippen LogP contribution in [0.1, 0.15) is 0 Å². The number of thiazole rings is 1. The number of ether oxygens (including phenoxy) is 2. The van der Waals surface area contributed by atoms with Gasteiger partial charge in [0.15, 0.2) is 5.13 Å². The lowest BCUT2D eigenvalue weighted by molar-refractivity contribution is 0.0105. The molecule has 0 radical (unpaired) electrons. The maximum absolute atomic E-state index is 5.42. The van der Waals surface area contributed by atoms with Crippen molar-refractivity contribution in [3.05, 3.63) is 18.2 Å². The van der Waals surface area contributed by atoms with E-state index in [0.717, 1.165) is 55.8 Å². The number of para-hydroxylation sites is 1. The average Bonchev–Trinajstić information content (AvgIpc) is 2.90. The standard InChI is InChI=1S/C15H19N3O2S/c1-19-12-3-2-4-13-14(12)16-15(21-13)18-9-11(10-18)17-5-7-20-8-6-17/h2-4,11H,5-10H2,1H3. The summed E-state index contributed by atoms with van der Waals surface area (Å²) >= 11 is 1.75. The molecule has 0 N–H and O–H groups in total. The maximum atomic E-state index is 5.42. The van der Waals surface area contributed by atoms with E-state index in [9.17, 15) is 0 Å². The van der Waals surface area contributed by atoms with Gasteiger partial charge in [0.05, 0.1) is 25.0 Å². The molecule has 21 heavy (non-hydrogen) atoms. The number of methoxy groups -OCH3 is 1. The minimum Gasteiger partial charge on any atom is -0.494 e. The van der Waals surface area contributed by atoms with Crippen molar-refractivity contribution in [3.8, 4) is 5.75 Å². The van der Waals surface area contributed by atoms with Crippen molar-refractivity contribution < 1.29 is 9.47 Å². The van der Waals surface area contributed by atoms with Crippen molar-refractivity contribution in [2.75, 3.05) is 51.4 Å². The second-order valence-electron chi connectivity index (χ2n) is 5.51. The summed E-state index contributed by atoms with van der Waals surface area (Å²) in [5.41, 5.74) is 0.981. The smallest absolute Gasteiger partial charge is 0.186 e. The molecule has 0 saturated carbocycles. The van der Waals surface area contributed by atoms with Gasteiger partial charge in [0.25, 0.3) is 0 Å². The minimum atomic E-state index is 0.655. The molecule has 1 aromatic carbocycles. The van der Waals surface area contributed by atoms with Crippen molar-refractivity contribution in [1.82, 2.24) is 9.88 Å². The molecule has 2 aromatic rings. The van der Waals surface area contributed by atoms with Crippen LogP contribution in [0.15, 0.2) is 18.2 Å². The van der Waals surface area contributed by atoms with Gasteiger partial charge in [-0.05, 0) is 12.1 Å². The first-order valence-corrected chi connectivity index (χ1v) is 8.17. The zero-order chi connectivity index (χ0) is 14.2. The molecule has 2 aliphatic rings. The molecule has 0 aliphatic carbocycles. The second-order valence-corrected chi connectivity index (χ2v) is 6.52. The summed E-state index contributed by atoms with van der Waals surface area (Å²) in [7, 11) is 1.70. The van der Waals surface area contributed by atoms with Gasteiger partial charge in [0.2, 0.25) is 0 Å². The van der Waals surface area contributed by atoms with Crippen LogP contribution in [0.4, 0.5) is 5.13 Å². The van der Waals surface area contributed by atoms with Gasteiger partial charge >= 0.3 is 0 Å². The molecule has 112 valence electrons. The predicted molar refractivity (Wildman–Crippen MR) is 84.6 cm³/mol. The highest BCUT2D eigenvalue weighted by atomic mass is 32.1. The fourth-order valence-corrected chi connectivity index (χ4v) is 4.00. The fourth-order valence-electron chi connectivity index (χ4n) is 3.00. The van der Waals surface area contributed by atoms with E-state index >= 15 is 0 Å². The molecule has 0 unspecified atom stereocenters. The first-order chi connectivity index (χ1) is 10.3. The molecule has 4 rings (SSSR count). The van der Waals surface area contributed by atoms with Crippen molar-refractivity contribution >= 4 is 26.7 Å². The van der Waals surface area contributed by atoms with Crippen LogP contribution >= 0.6 is 11.3 Å². The summed E-state index contributed by atoms with van der Waals surface area (Å²) in [5, 5.41) is 1.11. The summed E-state index contributed by atoms with van der Waals surface area (Å²) in [6.07, 6.45) is 0. The van der Waals surface area contributed by atoms with E-state index in [1.165, 1.54) is 4.70 Å². The summed E-state index contributed by atoms with van der Waals surface area (Å²) in [6, 6.07) is 6.76. The van der Waals surface area contributed by atoms with Crippen LogP contribution in [0.2, 0.25) is 0 Å². The Labute approximate surface area is 128 Å². The number of hydrogen-bond acceptors (Lipinski definition) is 6. The lowest BCUT2D eigenvalue weighted by atomic mass is 10.1. The van der Waals surface area contributed by atoms with Crippen molar-refractivity contribution in [1.29, 1.82) is 0 Å². The first-order valence-electron chi connectivity index (χ1n) is 7.35. The van der Waals surface area contributed by atoms with Gasteiger partial charge in [-0.1, -0.05) is 17.4 Å². The lowest BCUT2D eigenvalue weighted by Gasteiger charge is -2.46. The Bertz CT molecular complexity index is 633. The third kappa shape index (κ3) is 2.37. The zero-order valence-corrected chi connectivity index (χ0v) is 12.9. The number of anilines is 1. The summed E-state index contributed by atoms with van der Waals surface area (Å²) in [5.74, 6) is 0.861. The van der Waals surface area contributed by atoms with E-state index in [1.54, 1.807) is 18.4 Å². The number of hydrogen-bond donors (Lipinski definition) is 0. The van der Waals surface area contributed by atoms with E-state index in [0.29, 0.717) is 6.04 Å². The van der Waals surface area contributed by atoms with Gasteiger partial charge in [-0.2, -0.15) is 0 Å². The number of aromatic nitrogens is 1. The Balaban J connectivity index is 1.48. The molecular formula is C15H19N3O2S. The molecule has 5 nitrogen and oxygen atoms in total. The Hall–Kier alpha value is -1.37. The topological polar surface area (TPSA) is 37.8 Å². The highest BCUT2D eigenvalue weighted by Gasteiger charge is 2.34. The monoisotopic (exact) mass is 305 g/mol. The third-order valence-corrected chi connectivity index (χ3v) is 5.37. The Morgan fingerprint density at radius 2 is 2.10 bits per heavy atom. The Morgan fingerprint density at radius 1 is 1.29 bits per heavy atom. The van der Waals surface area contributed by atoms with Crippen LogP contribution < -0.4 is 9.64 Å². The van der Waals surface area contributed by atoms with E-state index < -0.39 is 0 Å². The van der Waals surface area contributed by atoms with Crippen LogP contribution in [0, 0.1) is 0 Å². The van der Waals surface area contributed by atoms with E-state index in [2.05, 4.69) is 15.9 Å². The van der Waals surface area contributed by atoms with Crippen molar-refractivity contribution in [2.45, 2.75) is 6.04 Å². The van der Waals surface area contributed by atoms with E-state index in [4.69, 9.17) is 14.5 Å².